The van der Waals surface area contributed by atoms with E-state index in [1.165, 1.54) is 23.9 Å². The molecule has 0 spiro atoms. The number of hydrogen-bond donors (Lipinski definition) is 1. The van der Waals surface area contributed by atoms with Crippen LogP contribution in [-0.2, 0) is 17.8 Å². The highest BCUT2D eigenvalue weighted by atomic mass is 32.2. The zero-order chi connectivity index (χ0) is 21.6. The molecule has 1 atom stereocenters. The van der Waals surface area contributed by atoms with E-state index >= 15 is 0 Å². The first-order valence-corrected chi connectivity index (χ1v) is 11.6. The Morgan fingerprint density at radius 1 is 1.10 bits per heavy atom. The first-order chi connectivity index (χ1) is 15.1. The van der Waals surface area contributed by atoms with Gasteiger partial charge in [0, 0.05) is 17.0 Å². The van der Waals surface area contributed by atoms with E-state index < -0.39 is 0 Å². The zero-order valence-corrected chi connectivity index (χ0v) is 18.5. The van der Waals surface area contributed by atoms with Gasteiger partial charge in [0.25, 0.3) is 0 Å². The fourth-order valence-electron chi connectivity index (χ4n) is 3.06. The molecular formula is C23H21FN4OS2. The van der Waals surface area contributed by atoms with Crippen molar-refractivity contribution >= 4 is 29.0 Å². The third kappa shape index (κ3) is 5.39. The van der Waals surface area contributed by atoms with Gasteiger partial charge in [0.1, 0.15) is 11.6 Å². The molecule has 1 amide bonds. The zero-order valence-electron chi connectivity index (χ0n) is 16.9. The highest BCUT2D eigenvalue weighted by Gasteiger charge is 2.21. The van der Waals surface area contributed by atoms with Crippen molar-refractivity contribution in [2.24, 2.45) is 0 Å². The number of benzene rings is 2. The molecule has 0 radical (unpaired) electrons. The largest absolute Gasteiger partial charge is 0.350 e. The van der Waals surface area contributed by atoms with Crippen LogP contribution in [0.1, 0.15) is 23.2 Å². The van der Waals surface area contributed by atoms with Gasteiger partial charge in [-0.3, -0.25) is 9.36 Å². The molecule has 4 rings (SSSR count). The maximum Gasteiger partial charge on any atom is 0.233 e. The van der Waals surface area contributed by atoms with Crippen molar-refractivity contribution in [3.63, 3.8) is 0 Å². The molecule has 158 valence electrons. The summed E-state index contributed by atoms with van der Waals surface area (Å²) in [6.07, 6.45) is 0.574. The molecule has 2 aromatic heterocycles. The summed E-state index contributed by atoms with van der Waals surface area (Å²) >= 11 is 2.94. The molecule has 0 aliphatic heterocycles. The molecule has 8 heteroatoms. The number of carbonyl (C=O) groups is 1. The van der Waals surface area contributed by atoms with Gasteiger partial charge in [0.2, 0.25) is 5.91 Å². The quantitative estimate of drug-likeness (QED) is 0.388. The minimum atomic E-state index is -0.368. The standard InChI is InChI=1S/C23H21FN4OS2/c1-16(22(29)25-15-20-8-5-13-30-20)31-23-27-26-21(14-17-6-3-2-4-7-17)28(23)19-11-9-18(24)10-12-19/h2-13,16H,14-15H2,1H3,(H,25,29). The van der Waals surface area contributed by atoms with Gasteiger partial charge in [0.05, 0.1) is 11.8 Å². The number of nitrogens with one attached hydrogen (secondary N) is 1. The molecule has 0 fully saturated rings. The summed E-state index contributed by atoms with van der Waals surface area (Å²) < 4.78 is 15.4. The highest BCUT2D eigenvalue weighted by molar-refractivity contribution is 8.00. The van der Waals surface area contributed by atoms with E-state index in [0.717, 1.165) is 22.0 Å². The molecule has 2 heterocycles. The normalized spacial score (nSPS) is 11.9. The van der Waals surface area contributed by atoms with Crippen molar-refractivity contribution in [1.82, 2.24) is 20.1 Å². The predicted molar refractivity (Wildman–Crippen MR) is 122 cm³/mol. The number of amides is 1. The molecule has 1 unspecified atom stereocenters. The Balaban J connectivity index is 1.56. The van der Waals surface area contributed by atoms with Crippen LogP contribution in [0.3, 0.4) is 0 Å². The van der Waals surface area contributed by atoms with E-state index in [1.54, 1.807) is 23.5 Å². The lowest BCUT2D eigenvalue weighted by Crippen LogP contribution is -2.30. The average Bonchev–Trinajstić information content (AvgIpc) is 3.44. The van der Waals surface area contributed by atoms with Crippen LogP contribution in [0.2, 0.25) is 0 Å². The Hall–Kier alpha value is -2.97. The lowest BCUT2D eigenvalue weighted by molar-refractivity contribution is -0.120. The van der Waals surface area contributed by atoms with E-state index in [9.17, 15) is 9.18 Å². The summed E-state index contributed by atoms with van der Waals surface area (Å²) in [6, 6.07) is 20.1. The molecule has 2 aromatic carbocycles. The predicted octanol–water partition coefficient (Wildman–Crippen LogP) is 4.86. The summed E-state index contributed by atoms with van der Waals surface area (Å²) in [5.41, 5.74) is 1.85. The number of thioether (sulfide) groups is 1. The molecule has 0 saturated carbocycles. The highest BCUT2D eigenvalue weighted by Crippen LogP contribution is 2.27. The molecule has 31 heavy (non-hydrogen) atoms. The van der Waals surface area contributed by atoms with Crippen LogP contribution in [0.25, 0.3) is 5.69 Å². The Morgan fingerprint density at radius 2 is 1.87 bits per heavy atom. The van der Waals surface area contributed by atoms with Gasteiger partial charge >= 0.3 is 0 Å². The molecule has 0 saturated heterocycles. The van der Waals surface area contributed by atoms with E-state index in [4.69, 9.17) is 0 Å². The van der Waals surface area contributed by atoms with Gasteiger partial charge in [-0.05, 0) is 48.2 Å². The Bertz CT molecular complexity index is 1130. The Labute approximate surface area is 188 Å². The second-order valence-corrected chi connectivity index (χ2v) is 9.27. The minimum absolute atomic E-state index is 0.0725. The van der Waals surface area contributed by atoms with Crippen LogP contribution >= 0.6 is 23.1 Å². The van der Waals surface area contributed by atoms with E-state index in [0.29, 0.717) is 18.1 Å². The summed E-state index contributed by atoms with van der Waals surface area (Å²) in [4.78, 5) is 13.7. The third-order valence-electron chi connectivity index (χ3n) is 4.66. The number of aromatic nitrogens is 3. The summed E-state index contributed by atoms with van der Waals surface area (Å²) in [7, 11) is 0. The van der Waals surface area contributed by atoms with Gasteiger partial charge in [-0.2, -0.15) is 0 Å². The van der Waals surface area contributed by atoms with Crippen molar-refractivity contribution in [2.75, 3.05) is 0 Å². The van der Waals surface area contributed by atoms with E-state index in [-0.39, 0.29) is 17.0 Å². The Morgan fingerprint density at radius 3 is 2.58 bits per heavy atom. The fourth-order valence-corrected chi connectivity index (χ4v) is 4.62. The minimum Gasteiger partial charge on any atom is -0.350 e. The number of hydrogen-bond acceptors (Lipinski definition) is 5. The van der Waals surface area contributed by atoms with E-state index in [1.807, 2.05) is 59.3 Å². The lowest BCUT2D eigenvalue weighted by atomic mass is 10.1. The van der Waals surface area contributed by atoms with E-state index in [2.05, 4.69) is 15.5 Å². The van der Waals surface area contributed by atoms with Crippen LogP contribution in [-0.4, -0.2) is 25.9 Å². The maximum atomic E-state index is 13.5. The van der Waals surface area contributed by atoms with Crippen LogP contribution in [0.5, 0.6) is 0 Å². The van der Waals surface area contributed by atoms with Gasteiger partial charge < -0.3 is 5.32 Å². The van der Waals surface area contributed by atoms with Crippen LogP contribution in [0.4, 0.5) is 4.39 Å². The van der Waals surface area contributed by atoms with Crippen molar-refractivity contribution in [1.29, 1.82) is 0 Å². The van der Waals surface area contributed by atoms with Crippen LogP contribution < -0.4 is 5.32 Å². The fraction of sp³-hybridized carbons (Fsp3) is 0.174. The molecular weight excluding hydrogens is 431 g/mol. The van der Waals surface area contributed by atoms with Crippen LogP contribution in [0.15, 0.2) is 77.3 Å². The summed E-state index contributed by atoms with van der Waals surface area (Å²) in [5.74, 6) is 0.347. The maximum absolute atomic E-state index is 13.5. The lowest BCUT2D eigenvalue weighted by Gasteiger charge is -2.14. The third-order valence-corrected chi connectivity index (χ3v) is 6.58. The molecule has 1 N–H and O–H groups in total. The SMILES string of the molecule is CC(Sc1nnc(Cc2ccccc2)n1-c1ccc(F)cc1)C(=O)NCc1cccs1. The number of thiophene rings is 1. The monoisotopic (exact) mass is 452 g/mol. The smallest absolute Gasteiger partial charge is 0.233 e. The summed E-state index contributed by atoms with van der Waals surface area (Å²) in [5, 5.41) is 13.9. The number of halogens is 1. The molecule has 0 bridgehead atoms. The first kappa shape index (κ1) is 21.3. The van der Waals surface area contributed by atoms with Gasteiger partial charge in [-0.1, -0.05) is 48.2 Å². The molecule has 0 aliphatic carbocycles. The molecule has 4 aromatic rings. The van der Waals surface area contributed by atoms with Crippen molar-refractivity contribution in [3.05, 3.63) is 94.2 Å². The number of carbonyl (C=O) groups excluding carboxylic acids is 1. The van der Waals surface area contributed by atoms with Gasteiger partial charge in [0.15, 0.2) is 5.16 Å². The molecule has 5 nitrogen and oxygen atoms in total. The topological polar surface area (TPSA) is 59.8 Å². The van der Waals surface area contributed by atoms with Crippen molar-refractivity contribution in [2.45, 2.75) is 30.3 Å². The Kier molecular flexibility index (Phi) is 6.79. The van der Waals surface area contributed by atoms with Gasteiger partial charge in [-0.15, -0.1) is 21.5 Å². The van der Waals surface area contributed by atoms with Crippen molar-refractivity contribution < 1.29 is 9.18 Å². The second-order valence-electron chi connectivity index (χ2n) is 6.93. The van der Waals surface area contributed by atoms with Gasteiger partial charge in [-0.25, -0.2) is 4.39 Å². The van der Waals surface area contributed by atoms with Crippen LogP contribution in [0, 0.1) is 5.82 Å². The number of rotatable bonds is 8. The first-order valence-electron chi connectivity index (χ1n) is 9.81. The summed E-state index contributed by atoms with van der Waals surface area (Å²) in [6.45, 7) is 2.35. The molecule has 0 aliphatic rings. The second kappa shape index (κ2) is 9.89. The number of nitrogens with zero attached hydrogens (tertiary/aromatic N) is 3. The van der Waals surface area contributed by atoms with Crippen molar-refractivity contribution in [3.8, 4) is 5.69 Å². The average molecular weight is 453 g/mol.